The maximum atomic E-state index is 12.3. The first-order chi connectivity index (χ1) is 9.51. The Morgan fingerprint density at radius 3 is 2.65 bits per heavy atom. The van der Waals surface area contributed by atoms with Crippen molar-refractivity contribution in [3.63, 3.8) is 0 Å². The predicted molar refractivity (Wildman–Crippen MR) is 88.3 cm³/mol. The number of hydrogen-bond donors (Lipinski definition) is 2. The normalized spacial score (nSPS) is 10.2. The van der Waals surface area contributed by atoms with Crippen LogP contribution in [-0.2, 0) is 0 Å². The van der Waals surface area contributed by atoms with Crippen LogP contribution >= 0.6 is 31.9 Å². The highest BCUT2D eigenvalue weighted by molar-refractivity contribution is 9.10. The van der Waals surface area contributed by atoms with E-state index in [0.717, 1.165) is 20.2 Å². The number of carbonyl (C=O) groups is 1. The van der Waals surface area contributed by atoms with Crippen LogP contribution in [0.3, 0.4) is 0 Å². The van der Waals surface area contributed by atoms with Crippen LogP contribution in [0.15, 0.2) is 39.4 Å². The average molecular weight is 399 g/mol. The maximum absolute atomic E-state index is 12.3. The summed E-state index contributed by atoms with van der Waals surface area (Å²) in [5.74, 6) is 0.337. The number of anilines is 2. The van der Waals surface area contributed by atoms with Crippen LogP contribution in [0.4, 0.5) is 11.5 Å². The predicted octanol–water partition coefficient (Wildman–Crippen LogP) is 4.21. The molecule has 6 heteroatoms. The van der Waals surface area contributed by atoms with E-state index in [0.29, 0.717) is 11.4 Å². The minimum atomic E-state index is -0.204. The highest BCUT2D eigenvalue weighted by atomic mass is 79.9. The summed E-state index contributed by atoms with van der Waals surface area (Å²) in [5, 5.41) is 5.78. The number of halogens is 2. The van der Waals surface area contributed by atoms with Gasteiger partial charge in [0.1, 0.15) is 5.82 Å². The summed E-state index contributed by atoms with van der Waals surface area (Å²) in [7, 11) is 1.73. The molecule has 0 aliphatic heterocycles. The van der Waals surface area contributed by atoms with Crippen molar-refractivity contribution in [2.75, 3.05) is 17.7 Å². The number of pyridine rings is 1. The van der Waals surface area contributed by atoms with Crippen molar-refractivity contribution in [1.82, 2.24) is 4.98 Å². The van der Waals surface area contributed by atoms with Crippen molar-refractivity contribution in [3.05, 3.63) is 50.5 Å². The molecule has 20 heavy (non-hydrogen) atoms. The van der Waals surface area contributed by atoms with Gasteiger partial charge in [-0.1, -0.05) is 15.9 Å². The van der Waals surface area contributed by atoms with E-state index in [-0.39, 0.29) is 5.91 Å². The first-order valence-electron chi connectivity index (χ1n) is 5.92. The van der Waals surface area contributed by atoms with Gasteiger partial charge in [-0.15, -0.1) is 0 Å². The number of benzene rings is 1. The summed E-state index contributed by atoms with van der Waals surface area (Å²) < 4.78 is 1.77. The third-order valence-electron chi connectivity index (χ3n) is 2.75. The zero-order valence-corrected chi connectivity index (χ0v) is 14.2. The highest BCUT2D eigenvalue weighted by Gasteiger charge is 2.13. The van der Waals surface area contributed by atoms with Crippen molar-refractivity contribution in [2.45, 2.75) is 6.92 Å². The lowest BCUT2D eigenvalue weighted by molar-refractivity contribution is 0.102. The molecular formula is C14H13Br2N3O. The van der Waals surface area contributed by atoms with Crippen molar-refractivity contribution in [1.29, 1.82) is 0 Å². The molecule has 0 aliphatic rings. The Balaban J connectivity index is 2.27. The zero-order valence-electron chi connectivity index (χ0n) is 11.0. The number of aromatic nitrogens is 1. The Morgan fingerprint density at radius 1 is 1.25 bits per heavy atom. The molecule has 2 N–H and O–H groups in total. The molecule has 0 aliphatic carbocycles. The molecule has 1 amide bonds. The van der Waals surface area contributed by atoms with Gasteiger partial charge in [0, 0.05) is 27.9 Å². The van der Waals surface area contributed by atoms with Gasteiger partial charge >= 0.3 is 0 Å². The first kappa shape index (κ1) is 15.0. The van der Waals surface area contributed by atoms with Crippen LogP contribution in [0.1, 0.15) is 15.9 Å². The molecule has 4 nitrogen and oxygen atoms in total. The van der Waals surface area contributed by atoms with Gasteiger partial charge in [-0.25, -0.2) is 4.98 Å². The lowest BCUT2D eigenvalue weighted by atomic mass is 10.2. The van der Waals surface area contributed by atoms with Gasteiger partial charge in [0.15, 0.2) is 0 Å². The number of amides is 1. The van der Waals surface area contributed by atoms with Gasteiger partial charge in [0.05, 0.1) is 5.56 Å². The number of aryl methyl sites for hydroxylation is 1. The summed E-state index contributed by atoms with van der Waals surface area (Å²) in [6.45, 7) is 1.97. The lowest BCUT2D eigenvalue weighted by Crippen LogP contribution is -2.15. The average Bonchev–Trinajstić information content (AvgIpc) is 2.43. The molecule has 2 aromatic rings. The minimum absolute atomic E-state index is 0.204. The number of nitrogens with zero attached hydrogens (tertiary/aromatic N) is 1. The molecule has 0 saturated heterocycles. The van der Waals surface area contributed by atoms with E-state index in [4.69, 9.17) is 0 Å². The van der Waals surface area contributed by atoms with E-state index in [1.54, 1.807) is 19.3 Å². The SMILES string of the molecule is CNc1ncc(Br)cc1C(=O)Nc1ccc(Br)c(C)c1. The quantitative estimate of drug-likeness (QED) is 0.814. The molecule has 0 spiro atoms. The number of hydrogen-bond acceptors (Lipinski definition) is 3. The van der Waals surface area contributed by atoms with E-state index < -0.39 is 0 Å². The molecule has 0 bridgehead atoms. The standard InChI is InChI=1S/C14H13Br2N3O/c1-8-5-10(3-4-12(8)16)19-14(20)11-6-9(15)7-18-13(11)17-2/h3-7H,1-2H3,(H,17,18)(H,19,20). The third-order valence-corrected chi connectivity index (χ3v) is 4.07. The smallest absolute Gasteiger partial charge is 0.259 e. The second kappa shape index (κ2) is 6.37. The molecule has 1 aromatic carbocycles. The van der Waals surface area contributed by atoms with Gasteiger partial charge < -0.3 is 10.6 Å². The van der Waals surface area contributed by atoms with Gasteiger partial charge in [0.25, 0.3) is 5.91 Å². The largest absolute Gasteiger partial charge is 0.372 e. The Bertz CT molecular complexity index is 659. The molecule has 1 aromatic heterocycles. The summed E-state index contributed by atoms with van der Waals surface area (Å²) in [4.78, 5) is 16.5. The van der Waals surface area contributed by atoms with Crippen molar-refractivity contribution >= 4 is 49.3 Å². The van der Waals surface area contributed by atoms with E-state index in [1.807, 2.05) is 25.1 Å². The summed E-state index contributed by atoms with van der Waals surface area (Å²) >= 11 is 6.76. The second-order valence-electron chi connectivity index (χ2n) is 4.22. The second-order valence-corrected chi connectivity index (χ2v) is 5.99. The number of nitrogens with one attached hydrogen (secondary N) is 2. The summed E-state index contributed by atoms with van der Waals surface area (Å²) in [6.07, 6.45) is 1.65. The fourth-order valence-electron chi connectivity index (χ4n) is 1.73. The van der Waals surface area contributed by atoms with Gasteiger partial charge in [-0.2, -0.15) is 0 Å². The van der Waals surface area contributed by atoms with Gasteiger partial charge in [0.2, 0.25) is 0 Å². The van der Waals surface area contributed by atoms with Crippen LogP contribution in [0.5, 0.6) is 0 Å². The van der Waals surface area contributed by atoms with E-state index in [9.17, 15) is 4.79 Å². The molecule has 0 unspecified atom stereocenters. The molecule has 0 fully saturated rings. The fourth-order valence-corrected chi connectivity index (χ4v) is 2.31. The zero-order chi connectivity index (χ0) is 14.7. The minimum Gasteiger partial charge on any atom is -0.372 e. The maximum Gasteiger partial charge on any atom is 0.259 e. The molecule has 0 atom stereocenters. The van der Waals surface area contributed by atoms with Gasteiger partial charge in [-0.05, 0) is 52.7 Å². The van der Waals surface area contributed by atoms with Crippen LogP contribution in [0.25, 0.3) is 0 Å². The molecule has 0 radical (unpaired) electrons. The van der Waals surface area contributed by atoms with E-state index >= 15 is 0 Å². The van der Waals surface area contributed by atoms with Crippen molar-refractivity contribution < 1.29 is 4.79 Å². The van der Waals surface area contributed by atoms with E-state index in [1.165, 1.54) is 0 Å². The molecular weight excluding hydrogens is 386 g/mol. The van der Waals surface area contributed by atoms with E-state index in [2.05, 4.69) is 47.5 Å². The van der Waals surface area contributed by atoms with Gasteiger partial charge in [-0.3, -0.25) is 4.79 Å². The van der Waals surface area contributed by atoms with Crippen LogP contribution < -0.4 is 10.6 Å². The number of rotatable bonds is 3. The monoisotopic (exact) mass is 397 g/mol. The molecule has 0 saturated carbocycles. The number of carbonyl (C=O) groups excluding carboxylic acids is 1. The van der Waals surface area contributed by atoms with Crippen LogP contribution in [-0.4, -0.2) is 17.9 Å². The first-order valence-corrected chi connectivity index (χ1v) is 7.50. The Hall–Kier alpha value is -1.40. The molecule has 104 valence electrons. The fraction of sp³-hybridized carbons (Fsp3) is 0.143. The summed E-state index contributed by atoms with van der Waals surface area (Å²) in [5.41, 5.74) is 2.30. The van der Waals surface area contributed by atoms with Crippen LogP contribution in [0.2, 0.25) is 0 Å². The third kappa shape index (κ3) is 3.37. The summed E-state index contributed by atoms with van der Waals surface area (Å²) in [6, 6.07) is 7.40. The topological polar surface area (TPSA) is 54.0 Å². The van der Waals surface area contributed by atoms with Crippen molar-refractivity contribution in [3.8, 4) is 0 Å². The Morgan fingerprint density at radius 2 is 2.00 bits per heavy atom. The molecule has 1 heterocycles. The Kier molecular flexibility index (Phi) is 4.77. The van der Waals surface area contributed by atoms with Crippen LogP contribution in [0, 0.1) is 6.92 Å². The molecule has 2 rings (SSSR count). The Labute approximate surface area is 134 Å². The lowest BCUT2D eigenvalue weighted by Gasteiger charge is -2.10. The highest BCUT2D eigenvalue weighted by Crippen LogP contribution is 2.22. The van der Waals surface area contributed by atoms with Crippen molar-refractivity contribution in [2.24, 2.45) is 0 Å².